The van der Waals surface area contributed by atoms with Crippen molar-refractivity contribution in [2.75, 3.05) is 13.2 Å². The molecule has 16 heavy (non-hydrogen) atoms. The molecule has 0 saturated carbocycles. The van der Waals surface area contributed by atoms with E-state index < -0.39 is 11.9 Å². The topological polar surface area (TPSA) is 78.6 Å². The van der Waals surface area contributed by atoms with Gasteiger partial charge in [-0.15, -0.1) is 0 Å². The van der Waals surface area contributed by atoms with Crippen molar-refractivity contribution in [2.24, 2.45) is 0 Å². The van der Waals surface area contributed by atoms with Gasteiger partial charge in [0.15, 0.2) is 5.69 Å². The summed E-state index contributed by atoms with van der Waals surface area (Å²) < 4.78 is 14.4. The Balaban J connectivity index is 2.89. The Kier molecular flexibility index (Phi) is 4.04. The normalized spacial score (nSPS) is 9.94. The van der Waals surface area contributed by atoms with Gasteiger partial charge in [0.1, 0.15) is 5.76 Å². The Morgan fingerprint density at radius 2 is 1.75 bits per heavy atom. The molecule has 0 aliphatic heterocycles. The summed E-state index contributed by atoms with van der Waals surface area (Å²) in [7, 11) is 0. The molecule has 88 valence electrons. The fourth-order valence-corrected chi connectivity index (χ4v) is 1.07. The van der Waals surface area contributed by atoms with E-state index in [0.29, 0.717) is 0 Å². The number of esters is 2. The summed E-state index contributed by atoms with van der Waals surface area (Å²) in [6.07, 6.45) is 0. The summed E-state index contributed by atoms with van der Waals surface area (Å²) in [6, 6.07) is 0. The van der Waals surface area contributed by atoms with Gasteiger partial charge in [0, 0.05) is 0 Å². The summed E-state index contributed by atoms with van der Waals surface area (Å²) >= 11 is 0. The maximum Gasteiger partial charge on any atom is 0.394 e. The average Bonchev–Trinajstić information content (AvgIpc) is 2.61. The lowest BCUT2D eigenvalue weighted by Gasteiger charge is -1.96. The van der Waals surface area contributed by atoms with Gasteiger partial charge < -0.3 is 13.9 Å². The number of ether oxygens (including phenoxy) is 2. The molecule has 0 bridgehead atoms. The molecule has 0 aromatic carbocycles. The minimum absolute atomic E-state index is 0.00454. The Labute approximate surface area is 92.6 Å². The zero-order chi connectivity index (χ0) is 12.1. The third-order valence-electron chi connectivity index (χ3n) is 1.72. The second-order valence-electron chi connectivity index (χ2n) is 2.86. The van der Waals surface area contributed by atoms with Gasteiger partial charge in [-0.25, -0.2) is 9.59 Å². The van der Waals surface area contributed by atoms with Crippen LogP contribution in [0.3, 0.4) is 0 Å². The van der Waals surface area contributed by atoms with Gasteiger partial charge in [-0.2, -0.15) is 4.98 Å². The summed E-state index contributed by atoms with van der Waals surface area (Å²) in [6.45, 7) is 5.33. The highest BCUT2D eigenvalue weighted by atomic mass is 16.5. The molecule has 6 heteroatoms. The van der Waals surface area contributed by atoms with E-state index in [1.54, 1.807) is 13.8 Å². The number of aryl methyl sites for hydroxylation is 1. The lowest BCUT2D eigenvalue weighted by Crippen LogP contribution is -2.08. The van der Waals surface area contributed by atoms with Crippen LogP contribution in [0.4, 0.5) is 0 Å². The molecule has 1 heterocycles. The van der Waals surface area contributed by atoms with Crippen LogP contribution in [0, 0.1) is 6.92 Å². The quantitative estimate of drug-likeness (QED) is 0.722. The summed E-state index contributed by atoms with van der Waals surface area (Å²) in [5.41, 5.74) is 0.00454. The Morgan fingerprint density at radius 1 is 1.19 bits per heavy atom. The van der Waals surface area contributed by atoms with Crippen LogP contribution in [0.15, 0.2) is 4.42 Å². The molecule has 6 nitrogen and oxygen atoms in total. The van der Waals surface area contributed by atoms with Crippen molar-refractivity contribution in [1.29, 1.82) is 0 Å². The molecule has 0 spiro atoms. The third-order valence-corrected chi connectivity index (χ3v) is 1.72. The van der Waals surface area contributed by atoms with E-state index in [1.807, 2.05) is 0 Å². The molecule has 0 aliphatic rings. The molecular weight excluding hydrogens is 214 g/mol. The molecule has 0 N–H and O–H groups in total. The zero-order valence-electron chi connectivity index (χ0n) is 9.40. The molecule has 0 unspecified atom stereocenters. The first-order valence-electron chi connectivity index (χ1n) is 4.91. The van der Waals surface area contributed by atoms with Crippen molar-refractivity contribution in [3.8, 4) is 0 Å². The van der Waals surface area contributed by atoms with Gasteiger partial charge in [-0.3, -0.25) is 0 Å². The van der Waals surface area contributed by atoms with Crippen LogP contribution in [0.1, 0.15) is 40.8 Å². The summed E-state index contributed by atoms with van der Waals surface area (Å²) in [5, 5.41) is 0. The van der Waals surface area contributed by atoms with Crippen molar-refractivity contribution < 1.29 is 23.5 Å². The number of oxazole rings is 1. The number of aromatic nitrogens is 1. The van der Waals surface area contributed by atoms with Gasteiger partial charge in [0.25, 0.3) is 0 Å². The first-order valence-corrected chi connectivity index (χ1v) is 4.91. The number of carbonyl (C=O) groups excluding carboxylic acids is 2. The highest BCUT2D eigenvalue weighted by Crippen LogP contribution is 2.12. The number of carbonyl (C=O) groups is 2. The molecule has 1 aromatic rings. The highest BCUT2D eigenvalue weighted by molar-refractivity contribution is 5.91. The van der Waals surface area contributed by atoms with Crippen LogP contribution in [-0.2, 0) is 9.47 Å². The second kappa shape index (κ2) is 5.29. The van der Waals surface area contributed by atoms with Crippen molar-refractivity contribution in [3.63, 3.8) is 0 Å². The smallest absolute Gasteiger partial charge is 0.394 e. The lowest BCUT2D eigenvalue weighted by atomic mass is 10.4. The Hall–Kier alpha value is -1.85. The first-order chi connectivity index (χ1) is 7.60. The molecule has 0 radical (unpaired) electrons. The van der Waals surface area contributed by atoms with Crippen LogP contribution in [-0.4, -0.2) is 30.1 Å². The summed E-state index contributed by atoms with van der Waals surface area (Å²) in [5.74, 6) is -1.30. The van der Waals surface area contributed by atoms with E-state index in [4.69, 9.17) is 9.15 Å². The molecule has 0 saturated heterocycles. The predicted octanol–water partition coefficient (Wildman–Crippen LogP) is 1.34. The highest BCUT2D eigenvalue weighted by Gasteiger charge is 2.22. The van der Waals surface area contributed by atoms with Crippen molar-refractivity contribution in [1.82, 2.24) is 4.98 Å². The summed E-state index contributed by atoms with van der Waals surface area (Å²) in [4.78, 5) is 26.4. The largest absolute Gasteiger partial charge is 0.461 e. The van der Waals surface area contributed by atoms with E-state index >= 15 is 0 Å². The van der Waals surface area contributed by atoms with Crippen molar-refractivity contribution in [3.05, 3.63) is 17.3 Å². The third kappa shape index (κ3) is 2.59. The fourth-order valence-electron chi connectivity index (χ4n) is 1.07. The Morgan fingerprint density at radius 3 is 2.31 bits per heavy atom. The first kappa shape index (κ1) is 12.2. The van der Waals surface area contributed by atoms with Crippen LogP contribution in [0.2, 0.25) is 0 Å². The molecule has 0 amide bonds. The van der Waals surface area contributed by atoms with Crippen LogP contribution >= 0.6 is 0 Å². The van der Waals surface area contributed by atoms with Crippen molar-refractivity contribution in [2.45, 2.75) is 20.8 Å². The minimum Gasteiger partial charge on any atom is -0.461 e. The van der Waals surface area contributed by atoms with E-state index in [0.717, 1.165) is 0 Å². The maximum absolute atomic E-state index is 11.4. The average molecular weight is 227 g/mol. The van der Waals surface area contributed by atoms with Crippen LogP contribution in [0.25, 0.3) is 0 Å². The Bertz CT molecular complexity index is 396. The SMILES string of the molecule is CCOC(=O)c1nc(C(=O)OCC)c(C)o1. The lowest BCUT2D eigenvalue weighted by molar-refractivity contribution is 0.0479. The molecule has 0 fully saturated rings. The van der Waals surface area contributed by atoms with Gasteiger partial charge in [0.2, 0.25) is 0 Å². The van der Waals surface area contributed by atoms with E-state index in [2.05, 4.69) is 9.72 Å². The standard InChI is InChI=1S/C10H13NO5/c1-4-14-9(12)7-6(3)16-8(11-7)10(13)15-5-2/h4-5H2,1-3H3. The van der Waals surface area contributed by atoms with E-state index in [1.165, 1.54) is 6.92 Å². The van der Waals surface area contributed by atoms with E-state index in [-0.39, 0.29) is 30.6 Å². The van der Waals surface area contributed by atoms with Gasteiger partial charge in [-0.1, -0.05) is 0 Å². The van der Waals surface area contributed by atoms with Crippen LogP contribution < -0.4 is 0 Å². The van der Waals surface area contributed by atoms with Crippen LogP contribution in [0.5, 0.6) is 0 Å². The maximum atomic E-state index is 11.4. The molecule has 1 aromatic heterocycles. The number of rotatable bonds is 4. The number of nitrogens with zero attached hydrogens (tertiary/aromatic N) is 1. The van der Waals surface area contributed by atoms with Gasteiger partial charge >= 0.3 is 17.8 Å². The fraction of sp³-hybridized carbons (Fsp3) is 0.500. The monoisotopic (exact) mass is 227 g/mol. The van der Waals surface area contributed by atoms with Crippen molar-refractivity contribution >= 4 is 11.9 Å². The predicted molar refractivity (Wildman–Crippen MR) is 53.2 cm³/mol. The van der Waals surface area contributed by atoms with Gasteiger partial charge in [-0.05, 0) is 20.8 Å². The van der Waals surface area contributed by atoms with Gasteiger partial charge in [0.05, 0.1) is 13.2 Å². The minimum atomic E-state index is -0.693. The zero-order valence-corrected chi connectivity index (χ0v) is 9.40. The molecule has 0 aliphatic carbocycles. The molecular formula is C10H13NO5. The van der Waals surface area contributed by atoms with E-state index in [9.17, 15) is 9.59 Å². The molecule has 1 rings (SSSR count). The number of hydrogen-bond acceptors (Lipinski definition) is 6. The second-order valence-corrected chi connectivity index (χ2v) is 2.86. The number of hydrogen-bond donors (Lipinski definition) is 0. The molecule has 0 atom stereocenters.